The number of para-hydroxylation sites is 1. The number of pyridine rings is 2. The normalized spacial score (nSPS) is 11.3. The SMILES string of the molecule is Cc1cccc(-c2nc(-c3cnc4ccccc4c3)c3cc[nH]c3n2)n1. The molecule has 26 heavy (non-hydrogen) atoms. The van der Waals surface area contributed by atoms with Crippen molar-refractivity contribution in [3.8, 4) is 22.8 Å². The Morgan fingerprint density at radius 3 is 2.73 bits per heavy atom. The van der Waals surface area contributed by atoms with Crippen molar-refractivity contribution in [3.63, 3.8) is 0 Å². The Bertz CT molecular complexity index is 1260. The minimum Gasteiger partial charge on any atom is -0.346 e. The Labute approximate surface area is 149 Å². The number of nitrogens with zero attached hydrogens (tertiary/aromatic N) is 4. The number of hydrogen-bond acceptors (Lipinski definition) is 4. The van der Waals surface area contributed by atoms with Crippen LogP contribution in [0.2, 0.25) is 0 Å². The molecule has 5 aromatic rings. The second kappa shape index (κ2) is 5.74. The maximum Gasteiger partial charge on any atom is 0.180 e. The average molecular weight is 337 g/mol. The van der Waals surface area contributed by atoms with E-state index >= 15 is 0 Å². The number of aromatic nitrogens is 5. The lowest BCUT2D eigenvalue weighted by atomic mass is 10.1. The van der Waals surface area contributed by atoms with Gasteiger partial charge in [-0.2, -0.15) is 0 Å². The van der Waals surface area contributed by atoms with Crippen LogP contribution in [0, 0.1) is 6.92 Å². The largest absolute Gasteiger partial charge is 0.346 e. The minimum absolute atomic E-state index is 0.604. The number of rotatable bonds is 2. The summed E-state index contributed by atoms with van der Waals surface area (Å²) in [6.07, 6.45) is 3.75. The third-order valence-corrected chi connectivity index (χ3v) is 4.40. The first-order valence-electron chi connectivity index (χ1n) is 8.42. The molecule has 0 amide bonds. The Hall–Kier alpha value is -3.60. The van der Waals surface area contributed by atoms with E-state index in [-0.39, 0.29) is 0 Å². The summed E-state index contributed by atoms with van der Waals surface area (Å²) in [5.74, 6) is 0.604. The van der Waals surface area contributed by atoms with Crippen molar-refractivity contribution in [2.24, 2.45) is 0 Å². The van der Waals surface area contributed by atoms with Gasteiger partial charge in [0.1, 0.15) is 11.3 Å². The molecule has 0 fully saturated rings. The van der Waals surface area contributed by atoms with Gasteiger partial charge in [0, 0.05) is 34.4 Å². The van der Waals surface area contributed by atoms with Gasteiger partial charge in [-0.15, -0.1) is 0 Å². The lowest BCUT2D eigenvalue weighted by molar-refractivity contribution is 1.13. The lowest BCUT2D eigenvalue weighted by Gasteiger charge is -2.07. The Morgan fingerprint density at radius 2 is 1.81 bits per heavy atom. The zero-order chi connectivity index (χ0) is 17.5. The van der Waals surface area contributed by atoms with Gasteiger partial charge in [-0.3, -0.25) is 4.98 Å². The maximum absolute atomic E-state index is 4.83. The van der Waals surface area contributed by atoms with Gasteiger partial charge in [0.25, 0.3) is 0 Å². The maximum atomic E-state index is 4.83. The number of fused-ring (bicyclic) bond motifs is 2. The number of nitrogens with one attached hydrogen (secondary N) is 1. The fraction of sp³-hybridized carbons (Fsp3) is 0.0476. The van der Waals surface area contributed by atoms with Gasteiger partial charge in [0.2, 0.25) is 0 Å². The highest BCUT2D eigenvalue weighted by molar-refractivity contribution is 5.94. The molecular weight excluding hydrogens is 322 g/mol. The fourth-order valence-electron chi connectivity index (χ4n) is 3.14. The number of aryl methyl sites for hydroxylation is 1. The number of hydrogen-bond donors (Lipinski definition) is 1. The van der Waals surface area contributed by atoms with E-state index in [0.29, 0.717) is 5.82 Å². The van der Waals surface area contributed by atoms with E-state index in [0.717, 1.165) is 44.6 Å². The van der Waals surface area contributed by atoms with Gasteiger partial charge >= 0.3 is 0 Å². The van der Waals surface area contributed by atoms with E-state index in [1.54, 1.807) is 0 Å². The molecule has 0 saturated carbocycles. The molecule has 0 atom stereocenters. The van der Waals surface area contributed by atoms with E-state index < -0.39 is 0 Å². The zero-order valence-electron chi connectivity index (χ0n) is 14.1. The van der Waals surface area contributed by atoms with Crippen molar-refractivity contribution in [2.45, 2.75) is 6.92 Å². The molecule has 5 rings (SSSR count). The first-order chi connectivity index (χ1) is 12.8. The average Bonchev–Trinajstić information content (AvgIpc) is 3.15. The molecule has 0 radical (unpaired) electrons. The summed E-state index contributed by atoms with van der Waals surface area (Å²) in [5.41, 5.74) is 5.28. The van der Waals surface area contributed by atoms with Crippen LogP contribution in [0.1, 0.15) is 5.69 Å². The fourth-order valence-corrected chi connectivity index (χ4v) is 3.14. The first kappa shape index (κ1) is 14.7. The summed E-state index contributed by atoms with van der Waals surface area (Å²) in [5, 5.41) is 2.06. The third kappa shape index (κ3) is 2.41. The summed E-state index contributed by atoms with van der Waals surface area (Å²) in [6.45, 7) is 1.96. The summed E-state index contributed by atoms with van der Waals surface area (Å²) in [7, 11) is 0. The molecule has 4 aromatic heterocycles. The summed E-state index contributed by atoms with van der Waals surface area (Å²) >= 11 is 0. The molecular formula is C21H15N5. The van der Waals surface area contributed by atoms with E-state index in [1.165, 1.54) is 0 Å². The molecule has 124 valence electrons. The highest BCUT2D eigenvalue weighted by atomic mass is 15.0. The van der Waals surface area contributed by atoms with Crippen LogP contribution in [0.4, 0.5) is 0 Å². The van der Waals surface area contributed by atoms with Crippen molar-refractivity contribution in [2.75, 3.05) is 0 Å². The van der Waals surface area contributed by atoms with E-state index in [2.05, 4.69) is 32.1 Å². The highest BCUT2D eigenvalue weighted by Crippen LogP contribution is 2.29. The molecule has 1 aromatic carbocycles. The zero-order valence-corrected chi connectivity index (χ0v) is 14.1. The summed E-state index contributed by atoms with van der Waals surface area (Å²) < 4.78 is 0. The van der Waals surface area contributed by atoms with E-state index in [9.17, 15) is 0 Å². The number of benzene rings is 1. The molecule has 0 aliphatic heterocycles. The van der Waals surface area contributed by atoms with Crippen molar-refractivity contribution in [1.29, 1.82) is 0 Å². The van der Waals surface area contributed by atoms with Gasteiger partial charge in [-0.25, -0.2) is 15.0 Å². The van der Waals surface area contributed by atoms with Crippen LogP contribution < -0.4 is 0 Å². The quantitative estimate of drug-likeness (QED) is 0.513. The van der Waals surface area contributed by atoms with Crippen molar-refractivity contribution in [3.05, 3.63) is 72.7 Å². The molecule has 5 heteroatoms. The molecule has 5 nitrogen and oxygen atoms in total. The molecule has 4 heterocycles. The van der Waals surface area contributed by atoms with Crippen molar-refractivity contribution >= 4 is 21.9 Å². The topological polar surface area (TPSA) is 67.3 Å². The van der Waals surface area contributed by atoms with Crippen LogP contribution in [0.3, 0.4) is 0 Å². The minimum atomic E-state index is 0.604. The molecule has 0 saturated heterocycles. The van der Waals surface area contributed by atoms with Crippen LogP contribution in [-0.2, 0) is 0 Å². The standard InChI is InChI=1S/C21H15N5/c1-13-5-4-8-18(24-13)21-25-19(16-9-10-22-20(16)26-21)15-11-14-6-2-3-7-17(14)23-12-15/h2-12H,1H3,(H,22,25,26). The van der Waals surface area contributed by atoms with Crippen molar-refractivity contribution in [1.82, 2.24) is 24.9 Å². The molecule has 0 spiro atoms. The van der Waals surface area contributed by atoms with Gasteiger partial charge < -0.3 is 4.98 Å². The smallest absolute Gasteiger partial charge is 0.180 e. The van der Waals surface area contributed by atoms with Crippen LogP contribution in [-0.4, -0.2) is 24.9 Å². The first-order valence-corrected chi connectivity index (χ1v) is 8.42. The van der Waals surface area contributed by atoms with Crippen LogP contribution in [0.25, 0.3) is 44.7 Å². The molecule has 0 aliphatic rings. The second-order valence-electron chi connectivity index (χ2n) is 6.22. The Balaban J connectivity index is 1.76. The monoisotopic (exact) mass is 337 g/mol. The van der Waals surface area contributed by atoms with Gasteiger partial charge in [0.05, 0.1) is 11.2 Å². The Morgan fingerprint density at radius 1 is 0.885 bits per heavy atom. The van der Waals surface area contributed by atoms with Gasteiger partial charge in [0.15, 0.2) is 5.82 Å². The lowest BCUT2D eigenvalue weighted by Crippen LogP contribution is -1.97. The number of H-pyrrole nitrogens is 1. The molecule has 1 N–H and O–H groups in total. The second-order valence-corrected chi connectivity index (χ2v) is 6.22. The van der Waals surface area contributed by atoms with Crippen LogP contribution >= 0.6 is 0 Å². The summed E-state index contributed by atoms with van der Waals surface area (Å²) in [4.78, 5) is 21.8. The highest BCUT2D eigenvalue weighted by Gasteiger charge is 2.13. The van der Waals surface area contributed by atoms with Crippen LogP contribution in [0.15, 0.2) is 67.0 Å². The number of aromatic amines is 1. The van der Waals surface area contributed by atoms with E-state index in [4.69, 9.17) is 4.98 Å². The predicted molar refractivity (Wildman–Crippen MR) is 103 cm³/mol. The molecule has 0 aliphatic carbocycles. The van der Waals surface area contributed by atoms with Crippen LogP contribution in [0.5, 0.6) is 0 Å². The van der Waals surface area contributed by atoms with E-state index in [1.807, 2.05) is 61.8 Å². The molecule has 0 unspecified atom stereocenters. The van der Waals surface area contributed by atoms with Crippen molar-refractivity contribution < 1.29 is 0 Å². The van der Waals surface area contributed by atoms with Gasteiger partial charge in [-0.05, 0) is 37.3 Å². The summed E-state index contributed by atoms with van der Waals surface area (Å²) in [6, 6.07) is 18.0. The third-order valence-electron chi connectivity index (χ3n) is 4.40. The van der Waals surface area contributed by atoms with Gasteiger partial charge in [-0.1, -0.05) is 24.3 Å². The molecule has 0 bridgehead atoms. The predicted octanol–water partition coefficient (Wildman–Crippen LogP) is 4.54. The Kier molecular flexibility index (Phi) is 3.25.